The van der Waals surface area contributed by atoms with Crippen molar-refractivity contribution in [2.24, 2.45) is 5.92 Å². The van der Waals surface area contributed by atoms with E-state index in [0.29, 0.717) is 17.8 Å². The molecule has 0 bridgehead atoms. The second kappa shape index (κ2) is 7.43. The summed E-state index contributed by atoms with van der Waals surface area (Å²) in [5.74, 6) is 2.03. The molecule has 1 aliphatic heterocycles. The third-order valence-corrected chi connectivity index (χ3v) is 5.62. The summed E-state index contributed by atoms with van der Waals surface area (Å²) in [5, 5.41) is 12.6. The average Bonchev–Trinajstić information content (AvgIpc) is 3.16. The summed E-state index contributed by atoms with van der Waals surface area (Å²) in [6, 6.07) is 7.93. The number of hydrogen-bond donors (Lipinski definition) is 0. The first-order valence-corrected chi connectivity index (χ1v) is 9.46. The zero-order chi connectivity index (χ0) is 17.9. The van der Waals surface area contributed by atoms with Gasteiger partial charge in [-0.25, -0.2) is 0 Å². The van der Waals surface area contributed by atoms with E-state index in [0.717, 1.165) is 30.7 Å². The van der Waals surface area contributed by atoms with Crippen LogP contribution in [0, 0.1) is 5.92 Å². The highest BCUT2D eigenvalue weighted by molar-refractivity contribution is 5.76. The number of likely N-dealkylation sites (tertiary alicyclic amines) is 1. The van der Waals surface area contributed by atoms with Crippen molar-refractivity contribution in [1.29, 1.82) is 0 Å². The molecule has 1 aliphatic carbocycles. The number of amides is 1. The Bertz CT molecular complexity index is 773. The molecule has 0 radical (unpaired) electrons. The van der Waals surface area contributed by atoms with Gasteiger partial charge in [-0.1, -0.05) is 25.0 Å². The number of fused-ring (bicyclic) bond motifs is 1. The molecule has 1 aromatic heterocycles. The molecule has 1 aromatic carbocycles. The minimum absolute atomic E-state index is 0.108. The number of tetrazole rings is 1. The first kappa shape index (κ1) is 17.0. The molecule has 0 spiro atoms. The highest BCUT2D eigenvalue weighted by atomic mass is 16.5. The SMILES string of the molecule is COc1cccc(-c2nnn(CC(=O)N3CCC[C@H]4CCCC[C@H]43)n2)c1. The molecule has 2 atom stereocenters. The number of benzene rings is 1. The van der Waals surface area contributed by atoms with Crippen LogP contribution < -0.4 is 4.74 Å². The van der Waals surface area contributed by atoms with E-state index in [4.69, 9.17) is 4.74 Å². The molecule has 2 fully saturated rings. The monoisotopic (exact) mass is 355 g/mol. The standard InChI is InChI=1S/C19H25N5O2/c1-26-16-9-4-7-15(12-16)19-20-22-24(21-19)13-18(25)23-11-5-8-14-6-2-3-10-17(14)23/h4,7,9,12,14,17H,2-3,5-6,8,10-11,13H2,1H3/t14-,17-/m1/s1. The lowest BCUT2D eigenvalue weighted by atomic mass is 9.78. The second-order valence-corrected chi connectivity index (χ2v) is 7.22. The Morgan fingerprint density at radius 1 is 1.23 bits per heavy atom. The molecule has 0 N–H and O–H groups in total. The van der Waals surface area contributed by atoms with Gasteiger partial charge in [-0.15, -0.1) is 10.2 Å². The number of ether oxygens (including phenoxy) is 1. The molecule has 1 amide bonds. The van der Waals surface area contributed by atoms with E-state index < -0.39 is 0 Å². The molecule has 7 nitrogen and oxygen atoms in total. The Kier molecular flexibility index (Phi) is 4.86. The summed E-state index contributed by atoms with van der Waals surface area (Å²) in [6.45, 7) is 1.01. The van der Waals surface area contributed by atoms with E-state index in [9.17, 15) is 4.79 Å². The average molecular weight is 355 g/mol. The van der Waals surface area contributed by atoms with Crippen LogP contribution in [-0.4, -0.2) is 50.7 Å². The molecular formula is C19H25N5O2. The van der Waals surface area contributed by atoms with E-state index in [2.05, 4.69) is 20.3 Å². The van der Waals surface area contributed by atoms with Gasteiger partial charge in [0.25, 0.3) is 0 Å². The van der Waals surface area contributed by atoms with Crippen molar-refractivity contribution in [3.05, 3.63) is 24.3 Å². The highest BCUT2D eigenvalue weighted by Crippen LogP contribution is 2.35. The van der Waals surface area contributed by atoms with Crippen LogP contribution in [0.1, 0.15) is 38.5 Å². The van der Waals surface area contributed by atoms with Crippen LogP contribution in [0.5, 0.6) is 5.75 Å². The van der Waals surface area contributed by atoms with Gasteiger partial charge in [0.2, 0.25) is 11.7 Å². The topological polar surface area (TPSA) is 73.1 Å². The van der Waals surface area contributed by atoms with Crippen molar-refractivity contribution in [1.82, 2.24) is 25.1 Å². The van der Waals surface area contributed by atoms with Gasteiger partial charge in [-0.05, 0) is 48.9 Å². The third-order valence-electron chi connectivity index (χ3n) is 5.62. The fraction of sp³-hybridized carbons (Fsp3) is 0.579. The molecule has 2 aromatic rings. The van der Waals surface area contributed by atoms with Gasteiger partial charge in [0.05, 0.1) is 7.11 Å². The van der Waals surface area contributed by atoms with Crippen molar-refractivity contribution >= 4 is 5.91 Å². The number of hydrogen-bond acceptors (Lipinski definition) is 5. The van der Waals surface area contributed by atoms with Crippen LogP contribution in [0.2, 0.25) is 0 Å². The van der Waals surface area contributed by atoms with Crippen molar-refractivity contribution in [2.45, 2.75) is 51.1 Å². The number of carbonyl (C=O) groups excluding carboxylic acids is 1. The molecule has 0 unspecified atom stereocenters. The van der Waals surface area contributed by atoms with Gasteiger partial charge in [0, 0.05) is 18.2 Å². The maximum absolute atomic E-state index is 12.8. The quantitative estimate of drug-likeness (QED) is 0.843. The molecule has 138 valence electrons. The summed E-state index contributed by atoms with van der Waals surface area (Å²) >= 11 is 0. The fourth-order valence-corrected chi connectivity index (χ4v) is 4.33. The van der Waals surface area contributed by atoms with Crippen molar-refractivity contribution in [2.75, 3.05) is 13.7 Å². The summed E-state index contributed by atoms with van der Waals surface area (Å²) in [6.07, 6.45) is 7.29. The van der Waals surface area contributed by atoms with E-state index >= 15 is 0 Å². The Balaban J connectivity index is 1.45. The van der Waals surface area contributed by atoms with E-state index in [-0.39, 0.29) is 12.5 Å². The van der Waals surface area contributed by atoms with Gasteiger partial charge in [-0.2, -0.15) is 4.80 Å². The molecule has 4 rings (SSSR count). The molecule has 7 heteroatoms. The number of methoxy groups -OCH3 is 1. The maximum atomic E-state index is 12.8. The molecule has 2 heterocycles. The van der Waals surface area contributed by atoms with Crippen LogP contribution in [0.15, 0.2) is 24.3 Å². The highest BCUT2D eigenvalue weighted by Gasteiger charge is 2.35. The van der Waals surface area contributed by atoms with Crippen molar-refractivity contribution in [3.63, 3.8) is 0 Å². The number of rotatable bonds is 4. The van der Waals surface area contributed by atoms with E-state index in [1.807, 2.05) is 24.3 Å². The normalized spacial score (nSPS) is 22.7. The molecule has 1 saturated carbocycles. The van der Waals surface area contributed by atoms with Crippen LogP contribution in [-0.2, 0) is 11.3 Å². The van der Waals surface area contributed by atoms with Gasteiger partial charge in [0.15, 0.2) is 0 Å². The van der Waals surface area contributed by atoms with Crippen molar-refractivity contribution in [3.8, 4) is 17.1 Å². The van der Waals surface area contributed by atoms with Crippen LogP contribution in [0.25, 0.3) is 11.4 Å². The molecular weight excluding hydrogens is 330 g/mol. The fourth-order valence-electron chi connectivity index (χ4n) is 4.33. The molecule has 2 aliphatic rings. The lowest BCUT2D eigenvalue weighted by Gasteiger charge is -2.44. The molecule has 1 saturated heterocycles. The number of piperidine rings is 1. The predicted octanol–water partition coefficient (Wildman–Crippen LogP) is 2.53. The zero-order valence-corrected chi connectivity index (χ0v) is 15.2. The van der Waals surface area contributed by atoms with E-state index in [1.54, 1.807) is 7.11 Å². The van der Waals surface area contributed by atoms with Crippen LogP contribution in [0.4, 0.5) is 0 Å². The first-order valence-electron chi connectivity index (χ1n) is 9.46. The van der Waals surface area contributed by atoms with Crippen LogP contribution in [0.3, 0.4) is 0 Å². The zero-order valence-electron chi connectivity index (χ0n) is 15.2. The Labute approximate surface area is 153 Å². The van der Waals surface area contributed by atoms with Crippen LogP contribution >= 0.6 is 0 Å². The smallest absolute Gasteiger partial charge is 0.246 e. The minimum atomic E-state index is 0.108. The molecule has 26 heavy (non-hydrogen) atoms. The summed E-state index contributed by atoms with van der Waals surface area (Å²) in [7, 11) is 1.62. The summed E-state index contributed by atoms with van der Waals surface area (Å²) < 4.78 is 5.23. The largest absolute Gasteiger partial charge is 0.497 e. The number of nitrogens with zero attached hydrogens (tertiary/aromatic N) is 5. The number of aromatic nitrogens is 4. The van der Waals surface area contributed by atoms with E-state index in [1.165, 1.54) is 30.5 Å². The van der Waals surface area contributed by atoms with Gasteiger partial charge >= 0.3 is 0 Å². The third kappa shape index (κ3) is 3.43. The maximum Gasteiger partial charge on any atom is 0.246 e. The number of carbonyl (C=O) groups is 1. The van der Waals surface area contributed by atoms with Crippen molar-refractivity contribution < 1.29 is 9.53 Å². The summed E-state index contributed by atoms with van der Waals surface area (Å²) in [5.41, 5.74) is 0.827. The second-order valence-electron chi connectivity index (χ2n) is 7.22. The minimum Gasteiger partial charge on any atom is -0.497 e. The first-order chi connectivity index (χ1) is 12.7. The summed E-state index contributed by atoms with van der Waals surface area (Å²) in [4.78, 5) is 16.3. The Morgan fingerprint density at radius 3 is 2.96 bits per heavy atom. The van der Waals surface area contributed by atoms with Gasteiger partial charge in [-0.3, -0.25) is 4.79 Å². The van der Waals surface area contributed by atoms with Gasteiger partial charge < -0.3 is 9.64 Å². The lowest BCUT2D eigenvalue weighted by molar-refractivity contribution is -0.138. The van der Waals surface area contributed by atoms with Gasteiger partial charge in [0.1, 0.15) is 12.3 Å². The lowest BCUT2D eigenvalue weighted by Crippen LogP contribution is -2.50. The Hall–Kier alpha value is -2.44. The Morgan fingerprint density at radius 2 is 2.08 bits per heavy atom. The predicted molar refractivity (Wildman–Crippen MR) is 96.5 cm³/mol.